The SMILES string of the molecule is CCOC1CC(NC(=O)c2ccc(C)cc2O)(C(=O)O)C1(C)C. The molecule has 1 fully saturated rings. The number of aryl methyl sites for hydroxylation is 1. The largest absolute Gasteiger partial charge is 0.507 e. The van der Waals surface area contributed by atoms with Crippen LogP contribution in [0, 0.1) is 12.3 Å². The molecule has 0 saturated heterocycles. The van der Waals surface area contributed by atoms with Gasteiger partial charge in [0.15, 0.2) is 0 Å². The summed E-state index contributed by atoms with van der Waals surface area (Å²) >= 11 is 0. The van der Waals surface area contributed by atoms with Gasteiger partial charge in [0.2, 0.25) is 0 Å². The molecule has 2 unspecified atom stereocenters. The van der Waals surface area contributed by atoms with Crippen LogP contribution in [0.2, 0.25) is 0 Å². The molecule has 126 valence electrons. The van der Waals surface area contributed by atoms with Crippen LogP contribution in [0.15, 0.2) is 18.2 Å². The first kappa shape index (κ1) is 17.3. The summed E-state index contributed by atoms with van der Waals surface area (Å²) in [6.07, 6.45) is -0.0443. The second-order valence-corrected chi connectivity index (χ2v) is 6.56. The fourth-order valence-electron chi connectivity index (χ4n) is 3.13. The number of carbonyl (C=O) groups excluding carboxylic acids is 1. The third kappa shape index (κ3) is 2.67. The number of aromatic hydroxyl groups is 1. The van der Waals surface area contributed by atoms with Gasteiger partial charge >= 0.3 is 5.97 Å². The summed E-state index contributed by atoms with van der Waals surface area (Å²) in [5.41, 5.74) is -1.30. The van der Waals surface area contributed by atoms with E-state index in [2.05, 4.69) is 5.32 Å². The Labute approximate surface area is 135 Å². The number of hydrogen-bond acceptors (Lipinski definition) is 4. The van der Waals surface area contributed by atoms with E-state index in [1.807, 2.05) is 6.92 Å². The number of nitrogens with one attached hydrogen (secondary N) is 1. The number of benzene rings is 1. The topological polar surface area (TPSA) is 95.9 Å². The Balaban J connectivity index is 2.28. The Morgan fingerprint density at radius 2 is 2.04 bits per heavy atom. The van der Waals surface area contributed by atoms with Gasteiger partial charge in [-0.05, 0) is 31.5 Å². The van der Waals surface area contributed by atoms with Crippen molar-refractivity contribution >= 4 is 11.9 Å². The van der Waals surface area contributed by atoms with E-state index in [4.69, 9.17) is 4.74 Å². The van der Waals surface area contributed by atoms with E-state index in [1.54, 1.807) is 26.8 Å². The molecule has 0 aliphatic heterocycles. The lowest BCUT2D eigenvalue weighted by Gasteiger charge is -2.58. The Bertz CT molecular complexity index is 640. The lowest BCUT2D eigenvalue weighted by Crippen LogP contribution is -2.76. The number of carboxylic acids is 1. The van der Waals surface area contributed by atoms with Crippen molar-refractivity contribution in [2.24, 2.45) is 5.41 Å². The minimum absolute atomic E-state index is 0.0619. The van der Waals surface area contributed by atoms with Gasteiger partial charge in [-0.25, -0.2) is 4.79 Å². The van der Waals surface area contributed by atoms with Crippen molar-refractivity contribution in [3.05, 3.63) is 29.3 Å². The van der Waals surface area contributed by atoms with Crippen molar-refractivity contribution in [2.75, 3.05) is 6.61 Å². The zero-order chi connectivity index (χ0) is 17.4. The quantitative estimate of drug-likeness (QED) is 0.772. The molecule has 1 aliphatic rings. The molecule has 6 nitrogen and oxygen atoms in total. The molecular formula is C17H23NO5. The second-order valence-electron chi connectivity index (χ2n) is 6.56. The summed E-state index contributed by atoms with van der Waals surface area (Å²) in [6.45, 7) is 7.65. The lowest BCUT2D eigenvalue weighted by atomic mass is 9.54. The van der Waals surface area contributed by atoms with Crippen molar-refractivity contribution in [3.8, 4) is 5.75 Å². The van der Waals surface area contributed by atoms with Crippen molar-refractivity contribution < 1.29 is 24.5 Å². The summed E-state index contributed by atoms with van der Waals surface area (Å²) in [6, 6.07) is 4.65. The van der Waals surface area contributed by atoms with Gasteiger partial charge in [0.05, 0.1) is 11.7 Å². The number of carbonyl (C=O) groups is 2. The van der Waals surface area contributed by atoms with E-state index in [-0.39, 0.29) is 23.8 Å². The highest BCUT2D eigenvalue weighted by Gasteiger charge is 2.66. The number of carboxylic acid groups (broad SMARTS) is 1. The molecule has 6 heteroatoms. The number of rotatable bonds is 5. The van der Waals surface area contributed by atoms with Crippen LogP contribution in [0.1, 0.15) is 43.1 Å². The monoisotopic (exact) mass is 321 g/mol. The molecule has 1 aromatic carbocycles. The van der Waals surface area contributed by atoms with E-state index in [1.165, 1.54) is 12.1 Å². The van der Waals surface area contributed by atoms with Gasteiger partial charge in [-0.2, -0.15) is 0 Å². The summed E-state index contributed by atoms with van der Waals surface area (Å²) in [4.78, 5) is 24.3. The first-order valence-corrected chi connectivity index (χ1v) is 7.63. The minimum Gasteiger partial charge on any atom is -0.507 e. The maximum Gasteiger partial charge on any atom is 0.330 e. The van der Waals surface area contributed by atoms with Crippen molar-refractivity contribution in [3.63, 3.8) is 0 Å². The van der Waals surface area contributed by atoms with Crippen molar-refractivity contribution in [2.45, 2.75) is 45.8 Å². The first-order chi connectivity index (χ1) is 10.7. The average molecular weight is 321 g/mol. The van der Waals surface area contributed by atoms with Crippen molar-refractivity contribution in [1.82, 2.24) is 5.32 Å². The zero-order valence-electron chi connectivity index (χ0n) is 13.8. The van der Waals surface area contributed by atoms with Crippen LogP contribution < -0.4 is 5.32 Å². The van der Waals surface area contributed by atoms with Gasteiger partial charge in [0.1, 0.15) is 11.3 Å². The number of phenolic OH excluding ortho intramolecular Hbond substituents is 1. The summed E-state index contributed by atoms with van der Waals surface area (Å²) in [5.74, 6) is -1.87. The van der Waals surface area contributed by atoms with E-state index in [0.717, 1.165) is 5.56 Å². The Morgan fingerprint density at radius 1 is 1.39 bits per heavy atom. The van der Waals surface area contributed by atoms with E-state index < -0.39 is 22.8 Å². The number of ether oxygens (including phenoxy) is 1. The molecule has 1 amide bonds. The highest BCUT2D eigenvalue weighted by Crippen LogP contribution is 2.51. The smallest absolute Gasteiger partial charge is 0.330 e. The van der Waals surface area contributed by atoms with Crippen LogP contribution in [0.3, 0.4) is 0 Å². The van der Waals surface area contributed by atoms with Crippen LogP contribution >= 0.6 is 0 Å². The molecule has 0 aromatic heterocycles. The molecule has 1 saturated carbocycles. The maximum atomic E-state index is 12.5. The fourth-order valence-corrected chi connectivity index (χ4v) is 3.13. The van der Waals surface area contributed by atoms with Gasteiger partial charge in [-0.15, -0.1) is 0 Å². The van der Waals surface area contributed by atoms with Gasteiger partial charge < -0.3 is 20.3 Å². The van der Waals surface area contributed by atoms with Gasteiger partial charge in [-0.1, -0.05) is 19.9 Å². The average Bonchev–Trinajstić information content (AvgIpc) is 2.45. The predicted molar refractivity (Wildman–Crippen MR) is 84.5 cm³/mol. The molecule has 2 atom stereocenters. The third-order valence-electron chi connectivity index (χ3n) is 4.85. The summed E-state index contributed by atoms with van der Waals surface area (Å²) in [5, 5.41) is 22.2. The lowest BCUT2D eigenvalue weighted by molar-refractivity contribution is -0.190. The van der Waals surface area contributed by atoms with Crippen LogP contribution in [0.25, 0.3) is 0 Å². The Kier molecular flexibility index (Phi) is 4.39. The van der Waals surface area contributed by atoms with Crippen LogP contribution in [0.4, 0.5) is 0 Å². The summed E-state index contributed by atoms with van der Waals surface area (Å²) < 4.78 is 5.56. The number of phenols is 1. The standard InChI is InChI=1S/C17H23NO5/c1-5-23-13-9-17(15(21)22,16(13,3)4)18-14(20)11-7-6-10(2)8-12(11)19/h6-8,13,19H,5,9H2,1-4H3,(H,18,20)(H,21,22). The molecule has 3 N–H and O–H groups in total. The summed E-state index contributed by atoms with van der Waals surface area (Å²) in [7, 11) is 0. The first-order valence-electron chi connectivity index (χ1n) is 7.63. The highest BCUT2D eigenvalue weighted by molar-refractivity contribution is 6.00. The molecule has 0 radical (unpaired) electrons. The molecule has 2 rings (SSSR count). The van der Waals surface area contributed by atoms with Crippen molar-refractivity contribution in [1.29, 1.82) is 0 Å². The molecule has 0 bridgehead atoms. The minimum atomic E-state index is -1.42. The normalized spacial score (nSPS) is 25.5. The molecule has 23 heavy (non-hydrogen) atoms. The zero-order valence-corrected chi connectivity index (χ0v) is 13.8. The molecule has 1 aromatic rings. The molecule has 0 spiro atoms. The second kappa shape index (κ2) is 5.85. The molecular weight excluding hydrogens is 298 g/mol. The number of aliphatic carboxylic acids is 1. The van der Waals surface area contributed by atoms with Gasteiger partial charge in [0, 0.05) is 18.4 Å². The molecule has 0 heterocycles. The van der Waals surface area contributed by atoms with Gasteiger partial charge in [-0.3, -0.25) is 4.79 Å². The predicted octanol–water partition coefficient (Wildman–Crippen LogP) is 2.09. The van der Waals surface area contributed by atoms with E-state index in [0.29, 0.717) is 6.61 Å². The van der Waals surface area contributed by atoms with Crippen LogP contribution in [-0.2, 0) is 9.53 Å². The molecule has 1 aliphatic carbocycles. The Morgan fingerprint density at radius 3 is 2.52 bits per heavy atom. The number of amides is 1. The van der Waals surface area contributed by atoms with E-state index >= 15 is 0 Å². The van der Waals surface area contributed by atoms with Gasteiger partial charge in [0.25, 0.3) is 5.91 Å². The maximum absolute atomic E-state index is 12.5. The van der Waals surface area contributed by atoms with Crippen LogP contribution in [0.5, 0.6) is 5.75 Å². The number of hydrogen-bond donors (Lipinski definition) is 3. The third-order valence-corrected chi connectivity index (χ3v) is 4.85. The van der Waals surface area contributed by atoms with Crippen LogP contribution in [-0.4, -0.2) is 40.3 Å². The highest BCUT2D eigenvalue weighted by atomic mass is 16.5. The fraction of sp³-hybridized carbons (Fsp3) is 0.529. The Hall–Kier alpha value is -2.08. The van der Waals surface area contributed by atoms with E-state index in [9.17, 15) is 19.8 Å².